The van der Waals surface area contributed by atoms with E-state index in [1.54, 1.807) is 0 Å². The van der Waals surface area contributed by atoms with E-state index in [0.717, 1.165) is 31.7 Å². The lowest BCUT2D eigenvalue weighted by Crippen LogP contribution is -2.23. The molecule has 5 heteroatoms. The summed E-state index contributed by atoms with van der Waals surface area (Å²) in [7, 11) is 0. The minimum Gasteiger partial charge on any atom is -0.360 e. The van der Waals surface area contributed by atoms with E-state index in [1.807, 2.05) is 18.3 Å². The maximum Gasteiger partial charge on any atom is 0.137 e. The molecule has 0 aliphatic rings. The lowest BCUT2D eigenvalue weighted by molar-refractivity contribution is -0.108. The molecule has 84 valence electrons. The number of hydrogen-bond acceptors (Lipinski definition) is 2. The molecule has 1 aromatic heterocycles. The molecule has 1 aromatic carbocycles. The van der Waals surface area contributed by atoms with Gasteiger partial charge in [0.15, 0.2) is 0 Å². The Hall–Kier alpha value is -0.650. The Labute approximate surface area is 110 Å². The number of hydrogen-bond donors (Lipinski definition) is 2. The van der Waals surface area contributed by atoms with Crippen molar-refractivity contribution in [2.75, 3.05) is 0 Å². The lowest BCUT2D eigenvalue weighted by atomic mass is 10.1. The average molecular weight is 346 g/mol. The largest absolute Gasteiger partial charge is 0.360 e. The van der Waals surface area contributed by atoms with Gasteiger partial charge in [0, 0.05) is 20.5 Å². The summed E-state index contributed by atoms with van der Waals surface area (Å²) in [6, 6.07) is 3.48. The van der Waals surface area contributed by atoms with Crippen LogP contribution in [-0.4, -0.2) is 17.3 Å². The molecule has 0 unspecified atom stereocenters. The van der Waals surface area contributed by atoms with Crippen LogP contribution in [0.1, 0.15) is 5.56 Å². The van der Waals surface area contributed by atoms with Gasteiger partial charge in [0.2, 0.25) is 0 Å². The molecule has 3 nitrogen and oxygen atoms in total. The molecule has 2 rings (SSSR count). The average Bonchev–Trinajstić information content (AvgIpc) is 2.68. The summed E-state index contributed by atoms with van der Waals surface area (Å²) in [5.74, 6) is 0. The van der Waals surface area contributed by atoms with Crippen LogP contribution < -0.4 is 5.73 Å². The molecule has 0 aliphatic heterocycles. The number of nitrogens with one attached hydrogen (secondary N) is 1. The van der Waals surface area contributed by atoms with Gasteiger partial charge in [-0.15, -0.1) is 0 Å². The summed E-state index contributed by atoms with van der Waals surface area (Å²) in [5.41, 5.74) is 7.69. The highest BCUT2D eigenvalue weighted by Crippen LogP contribution is 2.32. The van der Waals surface area contributed by atoms with Crippen LogP contribution in [0.25, 0.3) is 10.9 Å². The van der Waals surface area contributed by atoms with Gasteiger partial charge < -0.3 is 15.5 Å². The molecule has 0 aliphatic carbocycles. The number of aldehydes is 1. The van der Waals surface area contributed by atoms with E-state index < -0.39 is 6.04 Å². The first-order valence-corrected chi connectivity index (χ1v) is 6.37. The first-order chi connectivity index (χ1) is 7.63. The minimum absolute atomic E-state index is 0.454. The molecule has 0 fully saturated rings. The number of nitrogens with two attached hydrogens (primary N) is 1. The van der Waals surface area contributed by atoms with E-state index in [1.165, 1.54) is 0 Å². The number of benzene rings is 1. The fourth-order valence-corrected chi connectivity index (χ4v) is 2.73. The van der Waals surface area contributed by atoms with Gasteiger partial charge >= 0.3 is 0 Å². The van der Waals surface area contributed by atoms with E-state index in [-0.39, 0.29) is 0 Å². The summed E-state index contributed by atoms with van der Waals surface area (Å²) in [4.78, 5) is 13.7. The number of aromatic nitrogens is 1. The molecule has 0 saturated heterocycles. The van der Waals surface area contributed by atoms with Gasteiger partial charge in [0.25, 0.3) is 0 Å². The third kappa shape index (κ3) is 2.07. The third-order valence-corrected chi connectivity index (χ3v) is 3.77. The molecule has 0 saturated carbocycles. The molecule has 16 heavy (non-hydrogen) atoms. The van der Waals surface area contributed by atoms with Crippen LogP contribution in [0.5, 0.6) is 0 Å². The van der Waals surface area contributed by atoms with E-state index in [4.69, 9.17) is 5.73 Å². The Morgan fingerprint density at radius 2 is 2.06 bits per heavy atom. The summed E-state index contributed by atoms with van der Waals surface area (Å²) >= 11 is 6.98. The summed E-state index contributed by atoms with van der Waals surface area (Å²) in [6.07, 6.45) is 3.20. The minimum atomic E-state index is -0.454. The van der Waals surface area contributed by atoms with Crippen LogP contribution in [0.2, 0.25) is 0 Å². The molecule has 0 amide bonds. The zero-order chi connectivity index (χ0) is 11.7. The number of carbonyl (C=O) groups is 1. The van der Waals surface area contributed by atoms with Crippen molar-refractivity contribution in [1.82, 2.24) is 4.98 Å². The maximum absolute atomic E-state index is 10.6. The molecule has 0 bridgehead atoms. The molecule has 3 N–H and O–H groups in total. The molecule has 0 radical (unpaired) electrons. The van der Waals surface area contributed by atoms with Gasteiger partial charge in [-0.05, 0) is 40.0 Å². The van der Waals surface area contributed by atoms with Crippen molar-refractivity contribution in [2.24, 2.45) is 5.73 Å². The van der Waals surface area contributed by atoms with Crippen LogP contribution >= 0.6 is 31.9 Å². The molecule has 1 atom stereocenters. The van der Waals surface area contributed by atoms with Crippen molar-refractivity contribution >= 4 is 49.0 Å². The van der Waals surface area contributed by atoms with Gasteiger partial charge in [-0.25, -0.2) is 0 Å². The molecular weight excluding hydrogens is 336 g/mol. The van der Waals surface area contributed by atoms with Crippen LogP contribution in [0, 0.1) is 0 Å². The zero-order valence-electron chi connectivity index (χ0n) is 8.34. The van der Waals surface area contributed by atoms with E-state index in [0.29, 0.717) is 6.42 Å². The molecule has 0 spiro atoms. The Balaban J connectivity index is 2.55. The molecule has 2 aromatic rings. The SMILES string of the molecule is N[C@H](C=O)Cc1c[nH]c2c(Br)ccc(Br)c12. The Bertz CT molecular complexity index is 536. The third-order valence-electron chi connectivity index (χ3n) is 2.45. The van der Waals surface area contributed by atoms with Crippen molar-refractivity contribution < 1.29 is 4.79 Å². The highest BCUT2D eigenvalue weighted by Gasteiger charge is 2.12. The maximum atomic E-state index is 10.6. The van der Waals surface area contributed by atoms with Crippen LogP contribution in [0.4, 0.5) is 0 Å². The predicted molar refractivity (Wildman–Crippen MR) is 71.4 cm³/mol. The lowest BCUT2D eigenvalue weighted by Gasteiger charge is -2.04. The number of H-pyrrole nitrogens is 1. The number of carbonyl (C=O) groups excluding carboxylic acids is 1. The number of fused-ring (bicyclic) bond motifs is 1. The fourth-order valence-electron chi connectivity index (χ4n) is 1.70. The van der Waals surface area contributed by atoms with Gasteiger partial charge in [-0.1, -0.05) is 15.9 Å². The molecule has 1 heterocycles. The number of aromatic amines is 1. The summed E-state index contributed by atoms with van der Waals surface area (Å²) in [6.45, 7) is 0. The van der Waals surface area contributed by atoms with Crippen molar-refractivity contribution in [3.8, 4) is 0 Å². The normalized spacial score (nSPS) is 12.9. The topological polar surface area (TPSA) is 58.9 Å². The summed E-state index contributed by atoms with van der Waals surface area (Å²) in [5, 5.41) is 1.08. The quantitative estimate of drug-likeness (QED) is 0.840. The number of rotatable bonds is 3. The van der Waals surface area contributed by atoms with E-state index in [9.17, 15) is 4.79 Å². The first kappa shape index (κ1) is 11.8. The Morgan fingerprint density at radius 3 is 2.75 bits per heavy atom. The van der Waals surface area contributed by atoms with Crippen LogP contribution in [-0.2, 0) is 11.2 Å². The monoisotopic (exact) mass is 344 g/mol. The van der Waals surface area contributed by atoms with Gasteiger partial charge in [-0.3, -0.25) is 0 Å². The van der Waals surface area contributed by atoms with E-state index in [2.05, 4.69) is 36.8 Å². The summed E-state index contributed by atoms with van der Waals surface area (Å²) < 4.78 is 2.00. The standard InChI is InChI=1S/C11H10Br2N2O/c12-8-1-2-9(13)11-10(8)6(4-15-11)3-7(14)5-16/h1-2,4-5,7,15H,3,14H2/t7-/m0/s1. The second-order valence-electron chi connectivity index (χ2n) is 3.60. The van der Waals surface area contributed by atoms with Gasteiger partial charge in [-0.2, -0.15) is 0 Å². The van der Waals surface area contributed by atoms with Crippen LogP contribution in [0.15, 0.2) is 27.3 Å². The Morgan fingerprint density at radius 1 is 1.38 bits per heavy atom. The predicted octanol–water partition coefficient (Wildman–Crippen LogP) is 2.76. The van der Waals surface area contributed by atoms with Crippen molar-refractivity contribution in [1.29, 1.82) is 0 Å². The highest BCUT2D eigenvalue weighted by molar-refractivity contribution is 9.11. The van der Waals surface area contributed by atoms with Gasteiger partial charge in [0.1, 0.15) is 6.29 Å². The van der Waals surface area contributed by atoms with Gasteiger partial charge in [0.05, 0.1) is 11.6 Å². The zero-order valence-corrected chi connectivity index (χ0v) is 11.5. The highest BCUT2D eigenvalue weighted by atomic mass is 79.9. The fraction of sp³-hybridized carbons (Fsp3) is 0.182. The first-order valence-electron chi connectivity index (χ1n) is 4.78. The van der Waals surface area contributed by atoms with Crippen molar-refractivity contribution in [2.45, 2.75) is 12.5 Å². The second-order valence-corrected chi connectivity index (χ2v) is 5.31. The smallest absolute Gasteiger partial charge is 0.137 e. The van der Waals surface area contributed by atoms with Crippen LogP contribution in [0.3, 0.4) is 0 Å². The van der Waals surface area contributed by atoms with Crippen molar-refractivity contribution in [3.05, 3.63) is 32.8 Å². The van der Waals surface area contributed by atoms with Crippen molar-refractivity contribution in [3.63, 3.8) is 0 Å². The number of halogens is 2. The molecular formula is C11H10Br2N2O. The van der Waals surface area contributed by atoms with E-state index >= 15 is 0 Å². The Kier molecular flexibility index (Phi) is 3.47. The second kappa shape index (κ2) is 4.69.